The molecule has 1 N–H and O–H groups in total. The van der Waals surface area contributed by atoms with Gasteiger partial charge in [-0.1, -0.05) is 19.4 Å². The number of methoxy groups -OCH3 is 1. The van der Waals surface area contributed by atoms with Crippen LogP contribution >= 0.6 is 15.9 Å². The molecule has 0 saturated carbocycles. The Morgan fingerprint density at radius 1 is 1.17 bits per heavy atom. The zero-order valence-corrected chi connectivity index (χ0v) is 15.8. The number of anilines is 1. The molecule has 0 aromatic heterocycles. The van der Waals surface area contributed by atoms with Gasteiger partial charge in [-0.2, -0.15) is 0 Å². The van der Waals surface area contributed by atoms with Gasteiger partial charge >= 0.3 is 0 Å². The molecular weight excluding hydrogens is 370 g/mol. The number of nitrogens with one attached hydrogen (secondary N) is 1. The molecule has 2 rings (SSSR count). The van der Waals surface area contributed by atoms with Crippen molar-refractivity contribution in [3.05, 3.63) is 52.0 Å². The van der Waals surface area contributed by atoms with Crippen LogP contribution in [0.5, 0.6) is 11.5 Å². The van der Waals surface area contributed by atoms with Crippen LogP contribution in [-0.4, -0.2) is 19.6 Å². The second-order valence-electron chi connectivity index (χ2n) is 5.51. The Bertz CT molecular complexity index is 716. The van der Waals surface area contributed by atoms with E-state index in [0.29, 0.717) is 23.7 Å². The van der Waals surface area contributed by atoms with E-state index in [-0.39, 0.29) is 5.91 Å². The lowest BCUT2D eigenvalue weighted by Gasteiger charge is -2.13. The van der Waals surface area contributed by atoms with Gasteiger partial charge in [-0.3, -0.25) is 4.79 Å². The first-order valence-corrected chi connectivity index (χ1v) is 8.72. The number of amides is 1. The Hall–Kier alpha value is -2.01. The lowest BCUT2D eigenvalue weighted by atomic mass is 10.1. The van der Waals surface area contributed by atoms with Crippen molar-refractivity contribution in [3.8, 4) is 11.5 Å². The van der Waals surface area contributed by atoms with E-state index in [1.54, 1.807) is 25.3 Å². The van der Waals surface area contributed by atoms with Crippen molar-refractivity contribution >= 4 is 27.5 Å². The molecule has 0 saturated heterocycles. The number of carbonyl (C=O) groups is 1. The molecule has 0 radical (unpaired) electrons. The Balaban J connectivity index is 2.14. The molecule has 0 aliphatic heterocycles. The lowest BCUT2D eigenvalue weighted by Crippen LogP contribution is -2.12. The molecule has 4 nitrogen and oxygen atoms in total. The molecule has 0 spiro atoms. The third-order valence-corrected chi connectivity index (χ3v) is 4.21. The maximum Gasteiger partial charge on any atom is 0.255 e. The molecule has 0 aliphatic rings. The third-order valence-electron chi connectivity index (χ3n) is 3.55. The lowest BCUT2D eigenvalue weighted by molar-refractivity contribution is 0.102. The molecule has 128 valence electrons. The SMILES string of the molecule is CCCCOc1ccc(C(=O)Nc2ccc(C)cc2Br)cc1OC. The van der Waals surface area contributed by atoms with Crippen LogP contribution in [0.1, 0.15) is 35.7 Å². The molecular formula is C19H22BrNO3. The van der Waals surface area contributed by atoms with Gasteiger partial charge in [0.25, 0.3) is 5.91 Å². The van der Waals surface area contributed by atoms with Crippen molar-refractivity contribution in [2.75, 3.05) is 19.0 Å². The molecule has 0 atom stereocenters. The third kappa shape index (κ3) is 4.74. The van der Waals surface area contributed by atoms with Crippen molar-refractivity contribution in [2.24, 2.45) is 0 Å². The minimum atomic E-state index is -0.196. The predicted molar refractivity (Wildman–Crippen MR) is 100 cm³/mol. The first kappa shape index (κ1) is 18.3. The van der Waals surface area contributed by atoms with Crippen molar-refractivity contribution in [1.82, 2.24) is 0 Å². The normalized spacial score (nSPS) is 10.3. The summed E-state index contributed by atoms with van der Waals surface area (Å²) in [7, 11) is 1.57. The van der Waals surface area contributed by atoms with E-state index in [1.807, 2.05) is 25.1 Å². The monoisotopic (exact) mass is 391 g/mol. The van der Waals surface area contributed by atoms with Gasteiger partial charge in [0, 0.05) is 10.0 Å². The number of hydrogen-bond donors (Lipinski definition) is 1. The Kier molecular flexibility index (Phi) is 6.67. The molecule has 5 heteroatoms. The highest BCUT2D eigenvalue weighted by atomic mass is 79.9. The average Bonchev–Trinajstić information content (AvgIpc) is 2.57. The summed E-state index contributed by atoms with van der Waals surface area (Å²) in [5.41, 5.74) is 2.37. The molecule has 2 aromatic rings. The number of unbranched alkanes of at least 4 members (excludes halogenated alkanes) is 1. The fraction of sp³-hybridized carbons (Fsp3) is 0.316. The second-order valence-corrected chi connectivity index (χ2v) is 6.36. The molecule has 0 unspecified atom stereocenters. The highest BCUT2D eigenvalue weighted by Gasteiger charge is 2.12. The standard InChI is InChI=1S/C19H22BrNO3/c1-4-5-10-24-17-9-7-14(12-18(17)23-3)19(22)21-16-8-6-13(2)11-15(16)20/h6-9,11-12H,4-5,10H2,1-3H3,(H,21,22). The molecule has 0 heterocycles. The second kappa shape index (κ2) is 8.73. The minimum absolute atomic E-state index is 0.196. The Morgan fingerprint density at radius 3 is 2.62 bits per heavy atom. The minimum Gasteiger partial charge on any atom is -0.493 e. The molecule has 24 heavy (non-hydrogen) atoms. The highest BCUT2D eigenvalue weighted by Crippen LogP contribution is 2.29. The first-order chi connectivity index (χ1) is 11.5. The summed E-state index contributed by atoms with van der Waals surface area (Å²) in [6.07, 6.45) is 2.04. The molecule has 0 bridgehead atoms. The quantitative estimate of drug-likeness (QED) is 0.659. The average molecular weight is 392 g/mol. The smallest absolute Gasteiger partial charge is 0.255 e. The van der Waals surface area contributed by atoms with E-state index < -0.39 is 0 Å². The zero-order chi connectivity index (χ0) is 17.5. The first-order valence-electron chi connectivity index (χ1n) is 7.93. The van der Waals surface area contributed by atoms with E-state index in [2.05, 4.69) is 28.2 Å². The van der Waals surface area contributed by atoms with Crippen LogP contribution < -0.4 is 14.8 Å². The van der Waals surface area contributed by atoms with E-state index >= 15 is 0 Å². The van der Waals surface area contributed by atoms with Crippen LogP contribution in [0.4, 0.5) is 5.69 Å². The number of ether oxygens (including phenoxy) is 2. The maximum atomic E-state index is 12.5. The Labute approximate surface area is 151 Å². The summed E-state index contributed by atoms with van der Waals surface area (Å²) in [4.78, 5) is 12.5. The van der Waals surface area contributed by atoms with E-state index in [1.165, 1.54) is 0 Å². The van der Waals surface area contributed by atoms with Gasteiger partial charge in [0.05, 0.1) is 19.4 Å². The Morgan fingerprint density at radius 2 is 1.96 bits per heavy atom. The van der Waals surface area contributed by atoms with Gasteiger partial charge < -0.3 is 14.8 Å². The van der Waals surface area contributed by atoms with Gasteiger partial charge in [-0.05, 0) is 65.2 Å². The van der Waals surface area contributed by atoms with Gasteiger partial charge in [0.1, 0.15) is 0 Å². The van der Waals surface area contributed by atoms with Crippen molar-refractivity contribution in [2.45, 2.75) is 26.7 Å². The highest BCUT2D eigenvalue weighted by molar-refractivity contribution is 9.10. The van der Waals surface area contributed by atoms with E-state index in [4.69, 9.17) is 9.47 Å². The van der Waals surface area contributed by atoms with Crippen LogP contribution in [0.3, 0.4) is 0 Å². The van der Waals surface area contributed by atoms with Crippen LogP contribution in [0, 0.1) is 6.92 Å². The number of rotatable bonds is 7. The molecule has 0 fully saturated rings. The summed E-state index contributed by atoms with van der Waals surface area (Å²) in [6.45, 7) is 4.74. The number of carbonyl (C=O) groups excluding carboxylic acids is 1. The van der Waals surface area contributed by atoms with Crippen molar-refractivity contribution in [3.63, 3.8) is 0 Å². The van der Waals surface area contributed by atoms with Crippen molar-refractivity contribution < 1.29 is 14.3 Å². The van der Waals surface area contributed by atoms with Gasteiger partial charge in [0.15, 0.2) is 11.5 Å². The summed E-state index contributed by atoms with van der Waals surface area (Å²) >= 11 is 3.46. The number of aryl methyl sites for hydroxylation is 1. The maximum absolute atomic E-state index is 12.5. The zero-order valence-electron chi connectivity index (χ0n) is 14.2. The van der Waals surface area contributed by atoms with E-state index in [9.17, 15) is 4.79 Å². The molecule has 1 amide bonds. The summed E-state index contributed by atoms with van der Waals surface area (Å²) in [5, 5.41) is 2.89. The fourth-order valence-corrected chi connectivity index (χ4v) is 2.76. The fourth-order valence-electron chi connectivity index (χ4n) is 2.17. The summed E-state index contributed by atoms with van der Waals surface area (Å²) < 4.78 is 11.9. The van der Waals surface area contributed by atoms with Gasteiger partial charge in [-0.15, -0.1) is 0 Å². The van der Waals surface area contributed by atoms with Gasteiger partial charge in [-0.25, -0.2) is 0 Å². The largest absolute Gasteiger partial charge is 0.493 e. The van der Waals surface area contributed by atoms with Crippen LogP contribution in [0.25, 0.3) is 0 Å². The van der Waals surface area contributed by atoms with Crippen LogP contribution in [0.2, 0.25) is 0 Å². The number of hydrogen-bond acceptors (Lipinski definition) is 3. The summed E-state index contributed by atoms with van der Waals surface area (Å²) in [5.74, 6) is 1.01. The number of halogens is 1. The molecule has 2 aromatic carbocycles. The topological polar surface area (TPSA) is 47.6 Å². The number of benzene rings is 2. The van der Waals surface area contributed by atoms with Crippen LogP contribution in [-0.2, 0) is 0 Å². The summed E-state index contributed by atoms with van der Waals surface area (Å²) in [6, 6.07) is 11.0. The predicted octanol–water partition coefficient (Wildman–Crippen LogP) is 5.20. The molecule has 0 aliphatic carbocycles. The van der Waals surface area contributed by atoms with Crippen molar-refractivity contribution in [1.29, 1.82) is 0 Å². The van der Waals surface area contributed by atoms with E-state index in [0.717, 1.165) is 28.6 Å². The van der Waals surface area contributed by atoms with Crippen LogP contribution in [0.15, 0.2) is 40.9 Å². The van der Waals surface area contributed by atoms with Gasteiger partial charge in [0.2, 0.25) is 0 Å².